The molecular weight excluding hydrogens is 529 g/mol. The summed E-state index contributed by atoms with van der Waals surface area (Å²) in [6.07, 6.45) is 1.75. The minimum Gasteiger partial charge on any atom is -0.481 e. The van der Waals surface area contributed by atoms with Crippen molar-refractivity contribution >= 4 is 27.3 Å². The predicted octanol–water partition coefficient (Wildman–Crippen LogP) is 3.89. The molecule has 0 fully saturated rings. The Kier molecular flexibility index (Phi) is 6.70. The van der Waals surface area contributed by atoms with Crippen LogP contribution in [-0.4, -0.2) is 16.5 Å². The average Bonchev–Trinajstić information content (AvgIpc) is 2.92. The summed E-state index contributed by atoms with van der Waals surface area (Å²) in [5.41, 5.74) is 1.98. The van der Waals surface area contributed by atoms with Crippen molar-refractivity contribution in [3.63, 3.8) is 0 Å². The number of imidazole rings is 1. The number of hydrogen-bond donors (Lipinski definition) is 0. The van der Waals surface area contributed by atoms with Crippen LogP contribution in [0.15, 0.2) is 48.7 Å². The van der Waals surface area contributed by atoms with Gasteiger partial charge in [-0.3, -0.25) is 4.98 Å². The average molecular weight is 543 g/mol. The Bertz CT molecular complexity index is 920. The zero-order valence-electron chi connectivity index (χ0n) is 12.3. The first-order chi connectivity index (χ1) is 9.40. The quantitative estimate of drug-likeness (QED) is 0.269. The van der Waals surface area contributed by atoms with Gasteiger partial charge in [0.15, 0.2) is 0 Å². The second-order valence-electron chi connectivity index (χ2n) is 4.44. The number of rotatable bonds is 1. The molecule has 0 spiro atoms. The topological polar surface area (TPSA) is 26.5 Å². The van der Waals surface area contributed by atoms with Crippen LogP contribution in [0.1, 0.15) is 0 Å². The Labute approximate surface area is 168 Å². The van der Waals surface area contributed by atoms with Crippen molar-refractivity contribution in [2.75, 3.05) is 7.11 Å². The zero-order chi connectivity index (χ0) is 12.8. The van der Waals surface area contributed by atoms with E-state index >= 15 is 0 Å². The maximum Gasteiger partial charge on any atom is 0.208 e. The maximum absolute atomic E-state index is 5.41. The molecular formula is C17H14IrN2OY-2. The van der Waals surface area contributed by atoms with Gasteiger partial charge in [-0.05, 0) is 11.5 Å². The van der Waals surface area contributed by atoms with Crippen LogP contribution in [0.25, 0.3) is 27.3 Å². The number of methoxy groups -OCH3 is 1. The number of benzene rings is 2. The van der Waals surface area contributed by atoms with Gasteiger partial charge in [0.25, 0.3) is 0 Å². The van der Waals surface area contributed by atoms with E-state index in [0.717, 1.165) is 22.4 Å². The summed E-state index contributed by atoms with van der Waals surface area (Å²) < 4.78 is 7.45. The van der Waals surface area contributed by atoms with Crippen molar-refractivity contribution < 1.29 is 57.6 Å². The SMILES string of the molecule is COc1cnc2c3[c-]cccc3c3ccccc3n12.[CH3-].[Ir].[Y]. The van der Waals surface area contributed by atoms with Crippen LogP contribution in [0.3, 0.4) is 0 Å². The van der Waals surface area contributed by atoms with Crippen LogP contribution < -0.4 is 4.74 Å². The van der Waals surface area contributed by atoms with Gasteiger partial charge in [0.1, 0.15) is 0 Å². The normalized spacial score (nSPS) is 9.86. The monoisotopic (exact) mass is 544 g/mol. The molecule has 4 aromatic rings. The molecule has 0 N–H and O–H groups in total. The number of nitrogens with zero attached hydrogens (tertiary/aromatic N) is 2. The number of aromatic nitrogens is 2. The number of pyridine rings is 1. The molecule has 0 unspecified atom stereocenters. The van der Waals surface area contributed by atoms with Crippen LogP contribution in [-0.2, 0) is 52.8 Å². The van der Waals surface area contributed by atoms with E-state index in [1.165, 1.54) is 10.8 Å². The van der Waals surface area contributed by atoms with Crippen LogP contribution in [0, 0.1) is 13.5 Å². The van der Waals surface area contributed by atoms with E-state index in [-0.39, 0.29) is 60.2 Å². The van der Waals surface area contributed by atoms with E-state index in [9.17, 15) is 0 Å². The summed E-state index contributed by atoms with van der Waals surface area (Å²) in [5.74, 6) is 0.741. The molecule has 3 nitrogen and oxygen atoms in total. The largest absolute Gasteiger partial charge is 0.481 e. The van der Waals surface area contributed by atoms with Crippen molar-refractivity contribution in [1.82, 2.24) is 9.38 Å². The van der Waals surface area contributed by atoms with E-state index in [0.29, 0.717) is 0 Å². The van der Waals surface area contributed by atoms with Gasteiger partial charge in [-0.25, -0.2) is 0 Å². The van der Waals surface area contributed by atoms with Gasteiger partial charge in [-0.2, -0.15) is 0 Å². The summed E-state index contributed by atoms with van der Waals surface area (Å²) in [5, 5.41) is 3.36. The molecule has 0 atom stereocenters. The fourth-order valence-electron chi connectivity index (χ4n) is 2.63. The minimum absolute atomic E-state index is 0. The summed E-state index contributed by atoms with van der Waals surface area (Å²) in [6, 6.07) is 17.6. The molecule has 22 heavy (non-hydrogen) atoms. The van der Waals surface area contributed by atoms with Crippen molar-refractivity contribution in [2.45, 2.75) is 0 Å². The molecule has 0 saturated carbocycles. The Balaban J connectivity index is 0.000000807. The van der Waals surface area contributed by atoms with Crippen LogP contribution >= 0.6 is 0 Å². The molecule has 0 amide bonds. The zero-order valence-corrected chi connectivity index (χ0v) is 17.6. The third kappa shape index (κ3) is 2.74. The van der Waals surface area contributed by atoms with Gasteiger partial charge in [0.2, 0.25) is 5.88 Å². The van der Waals surface area contributed by atoms with E-state index < -0.39 is 0 Å². The molecule has 0 aliphatic heterocycles. The van der Waals surface area contributed by atoms with E-state index in [1.807, 2.05) is 28.7 Å². The van der Waals surface area contributed by atoms with E-state index in [4.69, 9.17) is 4.74 Å². The van der Waals surface area contributed by atoms with Crippen LogP contribution in [0.2, 0.25) is 0 Å². The number of ether oxygens (including phenoxy) is 1. The Morgan fingerprint density at radius 1 is 1.09 bits per heavy atom. The van der Waals surface area contributed by atoms with Crippen LogP contribution in [0.4, 0.5) is 0 Å². The maximum atomic E-state index is 5.41. The minimum atomic E-state index is 0. The third-order valence-corrected chi connectivity index (χ3v) is 3.45. The van der Waals surface area contributed by atoms with Crippen molar-refractivity contribution in [3.05, 3.63) is 62.2 Å². The molecule has 2 aromatic heterocycles. The second-order valence-corrected chi connectivity index (χ2v) is 4.44. The molecule has 2 heterocycles. The molecule has 0 bridgehead atoms. The Morgan fingerprint density at radius 3 is 2.59 bits per heavy atom. The Morgan fingerprint density at radius 2 is 1.82 bits per heavy atom. The first kappa shape index (κ1) is 19.3. The van der Waals surface area contributed by atoms with Crippen molar-refractivity contribution in [1.29, 1.82) is 0 Å². The van der Waals surface area contributed by atoms with Crippen molar-refractivity contribution in [2.24, 2.45) is 0 Å². The molecule has 112 valence electrons. The Hall–Kier alpha value is -0.797. The van der Waals surface area contributed by atoms with Crippen molar-refractivity contribution in [3.8, 4) is 5.88 Å². The second kappa shape index (κ2) is 7.65. The molecule has 4 rings (SSSR count). The summed E-state index contributed by atoms with van der Waals surface area (Å²) in [7, 11) is 1.66. The van der Waals surface area contributed by atoms with Gasteiger partial charge in [0, 0.05) is 58.3 Å². The van der Waals surface area contributed by atoms with Gasteiger partial charge in [-0.1, -0.05) is 23.6 Å². The van der Waals surface area contributed by atoms with Gasteiger partial charge >= 0.3 is 0 Å². The first-order valence-electron chi connectivity index (χ1n) is 6.13. The summed E-state index contributed by atoms with van der Waals surface area (Å²) in [6.45, 7) is 0. The molecule has 5 heteroatoms. The molecule has 0 saturated heterocycles. The summed E-state index contributed by atoms with van der Waals surface area (Å²) >= 11 is 0. The standard InChI is InChI=1S/C16H11N2O.CH3.Ir.Y/c1-19-15-10-17-16-13-8-3-2-6-11(13)12-7-4-5-9-14(12)18(15)16;;;/h2-7,9-10H,1H3;1H3;;/q2*-1;;. The number of para-hydroxylation sites is 1. The smallest absolute Gasteiger partial charge is 0.208 e. The van der Waals surface area contributed by atoms with E-state index in [1.54, 1.807) is 13.3 Å². The van der Waals surface area contributed by atoms with Crippen LogP contribution in [0.5, 0.6) is 5.88 Å². The molecule has 2 radical (unpaired) electrons. The fraction of sp³-hybridized carbons (Fsp3) is 0.0588. The fourth-order valence-corrected chi connectivity index (χ4v) is 2.63. The molecule has 2 aromatic carbocycles. The predicted molar refractivity (Wildman–Crippen MR) is 82.0 cm³/mol. The third-order valence-electron chi connectivity index (χ3n) is 3.45. The van der Waals surface area contributed by atoms with Gasteiger partial charge in [-0.15, -0.1) is 29.7 Å². The van der Waals surface area contributed by atoms with Gasteiger partial charge in [0.05, 0.1) is 19.0 Å². The molecule has 0 aliphatic carbocycles. The summed E-state index contributed by atoms with van der Waals surface area (Å²) in [4.78, 5) is 4.47. The first-order valence-corrected chi connectivity index (χ1v) is 6.13. The molecule has 0 aliphatic rings. The number of hydrogen-bond acceptors (Lipinski definition) is 2. The number of fused-ring (bicyclic) bond motifs is 6. The van der Waals surface area contributed by atoms with Gasteiger partial charge < -0.3 is 16.6 Å². The van der Waals surface area contributed by atoms with E-state index in [2.05, 4.69) is 29.2 Å².